The summed E-state index contributed by atoms with van der Waals surface area (Å²) in [7, 11) is 0. The van der Waals surface area contributed by atoms with Gasteiger partial charge in [-0.3, -0.25) is 4.79 Å². The van der Waals surface area contributed by atoms with Gasteiger partial charge in [-0.15, -0.1) is 0 Å². The van der Waals surface area contributed by atoms with E-state index in [9.17, 15) is 4.79 Å². The van der Waals surface area contributed by atoms with E-state index in [0.717, 1.165) is 18.4 Å². The number of benzene rings is 1. The number of nitrogens with one attached hydrogen (secondary N) is 1. The van der Waals surface area contributed by atoms with E-state index in [1.807, 2.05) is 13.0 Å². The molecule has 4 heteroatoms. The Balaban J connectivity index is 1.85. The quantitative estimate of drug-likeness (QED) is 0.876. The van der Waals surface area contributed by atoms with Gasteiger partial charge in [-0.05, 0) is 43.5 Å². The van der Waals surface area contributed by atoms with E-state index in [0.29, 0.717) is 16.8 Å². The Bertz CT molecular complexity index is 402. The second-order valence-electron chi connectivity index (χ2n) is 4.04. The molecule has 0 bridgehead atoms. The van der Waals surface area contributed by atoms with Gasteiger partial charge in [0, 0.05) is 11.1 Å². The standard InChI is InChI=1S/C12H14ClNO2/c1-8-6-9(13)2-5-11(8)16-7-12(15)14-10-3-4-10/h2,5-6,10H,3-4,7H2,1H3,(H,14,15). The van der Waals surface area contributed by atoms with Gasteiger partial charge in [0.15, 0.2) is 6.61 Å². The third-order valence-corrected chi connectivity index (χ3v) is 2.67. The number of carbonyl (C=O) groups is 1. The normalized spacial score (nSPS) is 14.6. The summed E-state index contributed by atoms with van der Waals surface area (Å²) in [6, 6.07) is 5.72. The molecule has 1 aliphatic rings. The highest BCUT2D eigenvalue weighted by molar-refractivity contribution is 6.30. The Kier molecular flexibility index (Phi) is 3.34. The van der Waals surface area contributed by atoms with E-state index < -0.39 is 0 Å². The summed E-state index contributed by atoms with van der Waals surface area (Å²) in [4.78, 5) is 11.4. The summed E-state index contributed by atoms with van der Waals surface area (Å²) >= 11 is 5.82. The number of ether oxygens (including phenoxy) is 1. The lowest BCUT2D eigenvalue weighted by molar-refractivity contribution is -0.123. The Morgan fingerprint density at radius 2 is 2.31 bits per heavy atom. The van der Waals surface area contributed by atoms with Gasteiger partial charge in [0.1, 0.15) is 5.75 Å². The molecule has 0 spiro atoms. The van der Waals surface area contributed by atoms with Gasteiger partial charge in [-0.1, -0.05) is 11.6 Å². The fourth-order valence-corrected chi connectivity index (χ4v) is 1.64. The molecule has 0 unspecified atom stereocenters. The van der Waals surface area contributed by atoms with Crippen LogP contribution in [0.25, 0.3) is 0 Å². The van der Waals surface area contributed by atoms with Crippen LogP contribution in [0.4, 0.5) is 0 Å². The van der Waals surface area contributed by atoms with E-state index in [1.54, 1.807) is 12.1 Å². The average Bonchev–Trinajstić information content (AvgIpc) is 3.00. The predicted octanol–water partition coefficient (Wildman–Crippen LogP) is 2.31. The maximum absolute atomic E-state index is 11.4. The Hall–Kier alpha value is -1.22. The van der Waals surface area contributed by atoms with Gasteiger partial charge in [0.05, 0.1) is 0 Å². The first-order valence-electron chi connectivity index (χ1n) is 5.33. The maximum Gasteiger partial charge on any atom is 0.258 e. The zero-order valence-electron chi connectivity index (χ0n) is 9.13. The smallest absolute Gasteiger partial charge is 0.258 e. The molecule has 16 heavy (non-hydrogen) atoms. The summed E-state index contributed by atoms with van der Waals surface area (Å²) < 4.78 is 5.41. The third kappa shape index (κ3) is 3.14. The Morgan fingerprint density at radius 3 is 2.94 bits per heavy atom. The molecule has 1 aromatic rings. The highest BCUT2D eigenvalue weighted by Crippen LogP contribution is 2.22. The molecule has 1 fully saturated rings. The molecular weight excluding hydrogens is 226 g/mol. The molecule has 86 valence electrons. The number of halogens is 1. The predicted molar refractivity (Wildman–Crippen MR) is 62.8 cm³/mol. The fraction of sp³-hybridized carbons (Fsp3) is 0.417. The zero-order valence-corrected chi connectivity index (χ0v) is 9.88. The molecule has 1 N–H and O–H groups in total. The minimum absolute atomic E-state index is 0.0585. The van der Waals surface area contributed by atoms with Crippen molar-refractivity contribution in [2.45, 2.75) is 25.8 Å². The molecule has 0 atom stereocenters. The van der Waals surface area contributed by atoms with Crippen LogP contribution in [-0.4, -0.2) is 18.6 Å². The molecule has 0 heterocycles. The van der Waals surface area contributed by atoms with Crippen LogP contribution in [0.1, 0.15) is 18.4 Å². The van der Waals surface area contributed by atoms with E-state index in [2.05, 4.69) is 5.32 Å². The Morgan fingerprint density at radius 1 is 1.56 bits per heavy atom. The van der Waals surface area contributed by atoms with E-state index >= 15 is 0 Å². The molecule has 3 nitrogen and oxygen atoms in total. The van der Waals surface area contributed by atoms with Crippen molar-refractivity contribution >= 4 is 17.5 Å². The summed E-state index contributed by atoms with van der Waals surface area (Å²) in [5.74, 6) is 0.646. The molecule has 0 aliphatic heterocycles. The molecule has 1 aliphatic carbocycles. The lowest BCUT2D eigenvalue weighted by Gasteiger charge is -2.09. The molecule has 0 saturated heterocycles. The fourth-order valence-electron chi connectivity index (χ4n) is 1.42. The molecule has 0 aromatic heterocycles. The second kappa shape index (κ2) is 4.74. The van der Waals surface area contributed by atoms with Crippen molar-refractivity contribution < 1.29 is 9.53 Å². The lowest BCUT2D eigenvalue weighted by atomic mass is 10.2. The first-order chi connectivity index (χ1) is 7.65. The van der Waals surface area contributed by atoms with Gasteiger partial charge in [-0.25, -0.2) is 0 Å². The van der Waals surface area contributed by atoms with Crippen LogP contribution in [0.15, 0.2) is 18.2 Å². The van der Waals surface area contributed by atoms with Crippen LogP contribution < -0.4 is 10.1 Å². The lowest BCUT2D eigenvalue weighted by Crippen LogP contribution is -2.30. The van der Waals surface area contributed by atoms with Crippen molar-refractivity contribution in [3.8, 4) is 5.75 Å². The van der Waals surface area contributed by atoms with Gasteiger partial charge in [0.25, 0.3) is 5.91 Å². The van der Waals surface area contributed by atoms with Crippen molar-refractivity contribution in [2.24, 2.45) is 0 Å². The number of carbonyl (C=O) groups excluding carboxylic acids is 1. The molecule has 1 saturated carbocycles. The number of aryl methyl sites for hydroxylation is 1. The Labute approximate surface area is 99.7 Å². The number of amides is 1. The minimum Gasteiger partial charge on any atom is -0.484 e. The van der Waals surface area contributed by atoms with Crippen LogP contribution in [0.3, 0.4) is 0 Å². The van der Waals surface area contributed by atoms with Gasteiger partial charge >= 0.3 is 0 Å². The number of rotatable bonds is 4. The third-order valence-electron chi connectivity index (χ3n) is 2.44. The van der Waals surface area contributed by atoms with E-state index in [-0.39, 0.29) is 12.5 Å². The summed E-state index contributed by atoms with van der Waals surface area (Å²) in [6.45, 7) is 1.97. The van der Waals surface area contributed by atoms with Crippen LogP contribution in [0.5, 0.6) is 5.75 Å². The summed E-state index contributed by atoms with van der Waals surface area (Å²) in [6.07, 6.45) is 2.18. The molecular formula is C12H14ClNO2. The largest absolute Gasteiger partial charge is 0.484 e. The van der Waals surface area contributed by atoms with Crippen LogP contribution in [-0.2, 0) is 4.79 Å². The highest BCUT2D eigenvalue weighted by atomic mass is 35.5. The molecule has 1 amide bonds. The number of hydrogen-bond acceptors (Lipinski definition) is 2. The van der Waals surface area contributed by atoms with E-state index in [4.69, 9.17) is 16.3 Å². The van der Waals surface area contributed by atoms with Crippen molar-refractivity contribution in [1.29, 1.82) is 0 Å². The topological polar surface area (TPSA) is 38.3 Å². The average molecular weight is 240 g/mol. The monoisotopic (exact) mass is 239 g/mol. The van der Waals surface area contributed by atoms with Crippen molar-refractivity contribution in [3.63, 3.8) is 0 Å². The van der Waals surface area contributed by atoms with Crippen molar-refractivity contribution in [1.82, 2.24) is 5.32 Å². The van der Waals surface area contributed by atoms with Crippen LogP contribution >= 0.6 is 11.6 Å². The van der Waals surface area contributed by atoms with Crippen LogP contribution in [0.2, 0.25) is 5.02 Å². The first kappa shape index (κ1) is 11.3. The van der Waals surface area contributed by atoms with Gasteiger partial charge in [-0.2, -0.15) is 0 Å². The van der Waals surface area contributed by atoms with Crippen molar-refractivity contribution in [2.75, 3.05) is 6.61 Å². The van der Waals surface area contributed by atoms with Crippen LogP contribution in [0, 0.1) is 6.92 Å². The maximum atomic E-state index is 11.4. The minimum atomic E-state index is -0.0585. The summed E-state index contributed by atoms with van der Waals surface area (Å²) in [5.41, 5.74) is 0.937. The van der Waals surface area contributed by atoms with Gasteiger partial charge in [0.2, 0.25) is 0 Å². The SMILES string of the molecule is Cc1cc(Cl)ccc1OCC(=O)NC1CC1. The molecule has 1 aromatic carbocycles. The van der Waals surface area contributed by atoms with E-state index in [1.165, 1.54) is 0 Å². The van der Waals surface area contributed by atoms with Gasteiger partial charge < -0.3 is 10.1 Å². The first-order valence-corrected chi connectivity index (χ1v) is 5.71. The molecule has 2 rings (SSSR count). The second-order valence-corrected chi connectivity index (χ2v) is 4.48. The summed E-state index contributed by atoms with van der Waals surface area (Å²) in [5, 5.41) is 3.54. The molecule has 0 radical (unpaired) electrons. The highest BCUT2D eigenvalue weighted by Gasteiger charge is 2.23. The number of hydrogen-bond donors (Lipinski definition) is 1. The zero-order chi connectivity index (χ0) is 11.5. The van der Waals surface area contributed by atoms with Crippen molar-refractivity contribution in [3.05, 3.63) is 28.8 Å².